The van der Waals surface area contributed by atoms with Crippen molar-refractivity contribution in [3.63, 3.8) is 0 Å². The summed E-state index contributed by atoms with van der Waals surface area (Å²) in [6, 6.07) is 7.79. The molecule has 7 nitrogen and oxygen atoms in total. The molecule has 0 bridgehead atoms. The van der Waals surface area contributed by atoms with Crippen molar-refractivity contribution in [1.29, 1.82) is 0 Å². The van der Waals surface area contributed by atoms with E-state index in [2.05, 4.69) is 15.5 Å². The van der Waals surface area contributed by atoms with Gasteiger partial charge in [-0.15, -0.1) is 0 Å². The minimum Gasteiger partial charge on any atom is -0.348 e. The number of benzene rings is 1. The average molecular weight is 349 g/mol. The normalized spacial score (nSPS) is 17.3. The number of nitrogens with one attached hydrogen (secondary N) is 1. The lowest BCUT2D eigenvalue weighted by Crippen LogP contribution is -2.35. The molecule has 1 aromatic heterocycles. The minimum atomic E-state index is -3.66. The van der Waals surface area contributed by atoms with Crippen LogP contribution >= 0.6 is 0 Å². The predicted octanol–water partition coefficient (Wildman–Crippen LogP) is 1.49. The molecule has 0 aliphatic heterocycles. The molecule has 8 heteroatoms. The van der Waals surface area contributed by atoms with Crippen LogP contribution in [0.1, 0.15) is 41.7 Å². The number of carbonyl (C=O) groups excluding carboxylic acids is 1. The second-order valence-electron chi connectivity index (χ2n) is 5.98. The summed E-state index contributed by atoms with van der Waals surface area (Å²) in [5.41, 5.74) is 2.28. The van der Waals surface area contributed by atoms with Crippen LogP contribution in [-0.2, 0) is 26.8 Å². The van der Waals surface area contributed by atoms with E-state index in [-0.39, 0.29) is 11.9 Å². The fraction of sp³-hybridized carbons (Fsp3) is 0.438. The lowest BCUT2D eigenvalue weighted by atomic mass is 9.88. The highest BCUT2D eigenvalue weighted by Gasteiger charge is 2.25. The van der Waals surface area contributed by atoms with E-state index in [4.69, 9.17) is 4.52 Å². The smallest absolute Gasteiger partial charge is 0.241 e. The molecule has 1 aromatic carbocycles. The Morgan fingerprint density at radius 1 is 1.38 bits per heavy atom. The van der Waals surface area contributed by atoms with Gasteiger partial charge in [-0.25, -0.2) is 8.42 Å². The Morgan fingerprint density at radius 2 is 2.17 bits per heavy atom. The summed E-state index contributed by atoms with van der Waals surface area (Å²) in [7, 11) is -3.66. The zero-order valence-corrected chi connectivity index (χ0v) is 14.2. The Balaban J connectivity index is 1.63. The number of aryl methyl sites for hydroxylation is 2. The van der Waals surface area contributed by atoms with Gasteiger partial charge in [-0.2, -0.15) is 4.98 Å². The van der Waals surface area contributed by atoms with Crippen molar-refractivity contribution in [2.24, 2.45) is 0 Å². The lowest BCUT2D eigenvalue weighted by Gasteiger charge is -2.26. The molecular formula is C16H19N3O4S. The first-order valence-corrected chi connectivity index (χ1v) is 9.62. The standard InChI is InChI=1S/C16H19N3O4S/c1-11-17-16(23-19-11)10-24(21,22)9-15(20)18-14-8-4-6-12-5-2-3-7-13(12)14/h2-3,5,7,14H,4,6,8-10H2,1H3,(H,18,20)/t14-/m0/s1. The third-order valence-electron chi connectivity index (χ3n) is 3.97. The molecule has 1 aliphatic carbocycles. The van der Waals surface area contributed by atoms with Gasteiger partial charge in [0.1, 0.15) is 11.5 Å². The highest BCUT2D eigenvalue weighted by molar-refractivity contribution is 7.91. The number of aromatic nitrogens is 2. The van der Waals surface area contributed by atoms with Crippen LogP contribution in [-0.4, -0.2) is 30.2 Å². The van der Waals surface area contributed by atoms with Crippen LogP contribution in [0.4, 0.5) is 0 Å². The molecule has 2 aromatic rings. The van der Waals surface area contributed by atoms with Crippen LogP contribution in [0.15, 0.2) is 28.8 Å². The number of hydrogen-bond acceptors (Lipinski definition) is 6. The maximum atomic E-state index is 12.2. The summed E-state index contributed by atoms with van der Waals surface area (Å²) < 4.78 is 29.0. The van der Waals surface area contributed by atoms with Crippen LogP contribution in [0.5, 0.6) is 0 Å². The third-order valence-corrected chi connectivity index (χ3v) is 5.36. The van der Waals surface area contributed by atoms with Gasteiger partial charge in [0, 0.05) is 0 Å². The Labute approximate surface area is 140 Å². The second kappa shape index (κ2) is 6.72. The van der Waals surface area contributed by atoms with Gasteiger partial charge >= 0.3 is 0 Å². The Morgan fingerprint density at radius 3 is 2.92 bits per heavy atom. The number of hydrogen-bond donors (Lipinski definition) is 1. The number of nitrogens with zero attached hydrogens (tertiary/aromatic N) is 2. The van der Waals surface area contributed by atoms with Crippen molar-refractivity contribution in [3.8, 4) is 0 Å². The molecule has 24 heavy (non-hydrogen) atoms. The monoisotopic (exact) mass is 349 g/mol. The first kappa shape index (κ1) is 16.6. The molecule has 1 atom stereocenters. The highest BCUT2D eigenvalue weighted by Crippen LogP contribution is 2.29. The zero-order valence-electron chi connectivity index (χ0n) is 13.4. The number of amides is 1. The second-order valence-corrected chi connectivity index (χ2v) is 8.04. The van der Waals surface area contributed by atoms with E-state index >= 15 is 0 Å². The van der Waals surface area contributed by atoms with Crippen LogP contribution in [0.3, 0.4) is 0 Å². The molecule has 0 saturated carbocycles. The van der Waals surface area contributed by atoms with Crippen molar-refractivity contribution in [2.45, 2.75) is 38.0 Å². The zero-order chi connectivity index (χ0) is 17.2. The highest BCUT2D eigenvalue weighted by atomic mass is 32.2. The van der Waals surface area contributed by atoms with Crippen LogP contribution < -0.4 is 5.32 Å². The predicted molar refractivity (Wildman–Crippen MR) is 86.8 cm³/mol. The first-order valence-electron chi connectivity index (χ1n) is 7.80. The molecular weight excluding hydrogens is 330 g/mol. The van der Waals surface area contributed by atoms with Gasteiger partial charge in [-0.05, 0) is 37.3 Å². The van der Waals surface area contributed by atoms with E-state index in [0.717, 1.165) is 24.8 Å². The van der Waals surface area contributed by atoms with Crippen LogP contribution in [0.2, 0.25) is 0 Å². The Kier molecular flexibility index (Phi) is 4.66. The van der Waals surface area contributed by atoms with Crippen LogP contribution in [0, 0.1) is 6.92 Å². The molecule has 3 rings (SSSR count). The van der Waals surface area contributed by atoms with E-state index in [0.29, 0.717) is 5.82 Å². The van der Waals surface area contributed by atoms with Gasteiger partial charge in [0.2, 0.25) is 11.8 Å². The maximum Gasteiger partial charge on any atom is 0.241 e. The number of carbonyl (C=O) groups is 1. The summed E-state index contributed by atoms with van der Waals surface area (Å²) in [6.07, 6.45) is 2.76. The summed E-state index contributed by atoms with van der Waals surface area (Å²) in [5.74, 6) is -1.16. The summed E-state index contributed by atoms with van der Waals surface area (Å²) in [6.45, 7) is 1.60. The van der Waals surface area contributed by atoms with Crippen molar-refractivity contribution in [1.82, 2.24) is 15.5 Å². The molecule has 1 N–H and O–H groups in total. The topological polar surface area (TPSA) is 102 Å². The fourth-order valence-corrected chi connectivity index (χ4v) is 4.06. The Bertz CT molecular complexity index is 845. The molecule has 0 unspecified atom stereocenters. The number of fused-ring (bicyclic) bond motifs is 1. The van der Waals surface area contributed by atoms with Crippen molar-refractivity contribution in [2.75, 3.05) is 5.75 Å². The molecule has 1 heterocycles. The molecule has 128 valence electrons. The third kappa shape index (κ3) is 4.00. The van der Waals surface area contributed by atoms with E-state index in [1.807, 2.05) is 24.3 Å². The van der Waals surface area contributed by atoms with Crippen molar-refractivity contribution < 1.29 is 17.7 Å². The molecule has 1 amide bonds. The minimum absolute atomic E-state index is 0.00307. The van der Waals surface area contributed by atoms with E-state index in [1.165, 1.54) is 5.56 Å². The molecule has 0 spiro atoms. The number of sulfone groups is 1. The van der Waals surface area contributed by atoms with Crippen LogP contribution in [0.25, 0.3) is 0 Å². The molecule has 0 fully saturated rings. The van der Waals surface area contributed by atoms with Crippen molar-refractivity contribution >= 4 is 15.7 Å². The Hall–Kier alpha value is -2.22. The summed E-state index contributed by atoms with van der Waals surface area (Å²) in [5, 5.41) is 6.38. The summed E-state index contributed by atoms with van der Waals surface area (Å²) >= 11 is 0. The van der Waals surface area contributed by atoms with Gasteiger partial charge in [0.15, 0.2) is 15.7 Å². The summed E-state index contributed by atoms with van der Waals surface area (Å²) in [4.78, 5) is 16.0. The molecule has 0 radical (unpaired) electrons. The number of rotatable bonds is 5. The molecule has 1 aliphatic rings. The fourth-order valence-electron chi connectivity index (χ4n) is 2.98. The van der Waals surface area contributed by atoms with Gasteiger partial charge in [-0.3, -0.25) is 4.79 Å². The lowest BCUT2D eigenvalue weighted by molar-refractivity contribution is -0.119. The van der Waals surface area contributed by atoms with Gasteiger partial charge in [0.25, 0.3) is 0 Å². The van der Waals surface area contributed by atoms with Crippen molar-refractivity contribution in [3.05, 3.63) is 47.1 Å². The van der Waals surface area contributed by atoms with Gasteiger partial charge in [-0.1, -0.05) is 29.4 Å². The average Bonchev–Trinajstić information content (AvgIpc) is 2.91. The SMILES string of the molecule is Cc1noc(CS(=O)(=O)CC(=O)N[C@H]2CCCc3ccccc32)n1. The van der Waals surface area contributed by atoms with E-state index in [1.54, 1.807) is 6.92 Å². The van der Waals surface area contributed by atoms with Gasteiger partial charge in [0.05, 0.1) is 6.04 Å². The van der Waals surface area contributed by atoms with E-state index in [9.17, 15) is 13.2 Å². The first-order chi connectivity index (χ1) is 11.4. The van der Waals surface area contributed by atoms with E-state index < -0.39 is 27.3 Å². The largest absolute Gasteiger partial charge is 0.348 e. The van der Waals surface area contributed by atoms with Gasteiger partial charge < -0.3 is 9.84 Å². The molecule has 0 saturated heterocycles. The quantitative estimate of drug-likeness (QED) is 0.877. The maximum absolute atomic E-state index is 12.2.